The SMILES string of the molecule is CCNC(Cc1ccc(CC)cc1)C1CCCCC1(C)C. The highest BCUT2D eigenvalue weighted by atomic mass is 14.9. The molecule has 1 nitrogen and oxygen atoms in total. The molecule has 0 saturated heterocycles. The summed E-state index contributed by atoms with van der Waals surface area (Å²) in [4.78, 5) is 0. The normalized spacial score (nSPS) is 23.0. The summed E-state index contributed by atoms with van der Waals surface area (Å²) in [5.74, 6) is 0.803. The van der Waals surface area contributed by atoms with Gasteiger partial charge in [-0.3, -0.25) is 0 Å². The Morgan fingerprint density at radius 2 is 1.76 bits per heavy atom. The molecule has 0 bridgehead atoms. The summed E-state index contributed by atoms with van der Waals surface area (Å²) >= 11 is 0. The molecule has 2 atom stereocenters. The molecule has 1 aliphatic rings. The van der Waals surface area contributed by atoms with Crippen LogP contribution in [-0.2, 0) is 12.8 Å². The number of rotatable bonds is 6. The zero-order valence-corrected chi connectivity index (χ0v) is 14.4. The minimum atomic E-state index is 0.481. The van der Waals surface area contributed by atoms with Crippen molar-refractivity contribution in [3.05, 3.63) is 35.4 Å². The Morgan fingerprint density at radius 1 is 1.10 bits per heavy atom. The second-order valence-electron chi connectivity index (χ2n) is 7.38. The summed E-state index contributed by atoms with van der Waals surface area (Å²) in [6.45, 7) is 10.5. The predicted octanol–water partition coefficient (Wildman–Crippen LogP) is 4.99. The average Bonchev–Trinajstić information content (AvgIpc) is 2.47. The molecule has 0 aromatic heterocycles. The van der Waals surface area contributed by atoms with E-state index in [2.05, 4.69) is 57.3 Å². The van der Waals surface area contributed by atoms with Crippen molar-refractivity contribution in [3.63, 3.8) is 0 Å². The van der Waals surface area contributed by atoms with Crippen LogP contribution in [0.25, 0.3) is 0 Å². The van der Waals surface area contributed by atoms with Gasteiger partial charge in [-0.25, -0.2) is 0 Å². The number of aryl methyl sites for hydroxylation is 1. The smallest absolute Gasteiger partial charge is 0.0141 e. The van der Waals surface area contributed by atoms with Crippen LogP contribution in [0.4, 0.5) is 0 Å². The maximum Gasteiger partial charge on any atom is 0.0141 e. The largest absolute Gasteiger partial charge is 0.314 e. The molecule has 1 aromatic carbocycles. The van der Waals surface area contributed by atoms with E-state index in [1.54, 1.807) is 0 Å². The first kappa shape index (κ1) is 16.5. The van der Waals surface area contributed by atoms with E-state index in [0.29, 0.717) is 11.5 Å². The standard InChI is InChI=1S/C20H33N/c1-5-16-10-12-17(13-11-16)15-19(21-6-2)18-9-7-8-14-20(18,3)4/h10-13,18-19,21H,5-9,14-15H2,1-4H3. The van der Waals surface area contributed by atoms with E-state index in [9.17, 15) is 0 Å². The summed E-state index contributed by atoms with van der Waals surface area (Å²) in [5, 5.41) is 3.79. The van der Waals surface area contributed by atoms with Gasteiger partial charge in [0, 0.05) is 6.04 Å². The molecule has 1 aromatic rings. The van der Waals surface area contributed by atoms with Gasteiger partial charge in [-0.1, -0.05) is 64.8 Å². The van der Waals surface area contributed by atoms with Crippen molar-refractivity contribution in [1.29, 1.82) is 0 Å². The van der Waals surface area contributed by atoms with Crippen LogP contribution in [0.15, 0.2) is 24.3 Å². The van der Waals surface area contributed by atoms with Crippen molar-refractivity contribution < 1.29 is 0 Å². The lowest BCUT2D eigenvalue weighted by atomic mass is 9.65. The molecule has 0 radical (unpaired) electrons. The molecule has 2 unspecified atom stereocenters. The molecular formula is C20H33N. The van der Waals surface area contributed by atoms with Crippen molar-refractivity contribution >= 4 is 0 Å². The molecule has 0 amide bonds. The van der Waals surface area contributed by atoms with E-state index >= 15 is 0 Å². The van der Waals surface area contributed by atoms with Crippen LogP contribution in [0.3, 0.4) is 0 Å². The van der Waals surface area contributed by atoms with Crippen molar-refractivity contribution in [1.82, 2.24) is 5.32 Å². The Balaban J connectivity index is 2.10. The Hall–Kier alpha value is -0.820. The minimum Gasteiger partial charge on any atom is -0.314 e. The van der Waals surface area contributed by atoms with Crippen molar-refractivity contribution in [3.8, 4) is 0 Å². The zero-order chi connectivity index (χ0) is 15.3. The first-order chi connectivity index (χ1) is 10.1. The summed E-state index contributed by atoms with van der Waals surface area (Å²) in [6, 6.07) is 9.88. The fourth-order valence-corrected chi connectivity index (χ4v) is 4.05. The molecule has 1 fully saturated rings. The second-order valence-corrected chi connectivity index (χ2v) is 7.38. The molecule has 0 heterocycles. The lowest BCUT2D eigenvalue weighted by Gasteiger charge is -2.43. The molecular weight excluding hydrogens is 254 g/mol. The highest BCUT2D eigenvalue weighted by Crippen LogP contribution is 2.42. The average molecular weight is 287 g/mol. The van der Waals surface area contributed by atoms with E-state index in [1.807, 2.05) is 0 Å². The number of benzene rings is 1. The van der Waals surface area contributed by atoms with Gasteiger partial charge in [0.1, 0.15) is 0 Å². The summed E-state index contributed by atoms with van der Waals surface area (Å²) < 4.78 is 0. The van der Waals surface area contributed by atoms with E-state index in [1.165, 1.54) is 43.2 Å². The highest BCUT2D eigenvalue weighted by Gasteiger charge is 2.37. The zero-order valence-electron chi connectivity index (χ0n) is 14.4. The first-order valence-corrected chi connectivity index (χ1v) is 8.88. The summed E-state index contributed by atoms with van der Waals surface area (Å²) in [6.07, 6.45) is 7.89. The van der Waals surface area contributed by atoms with Gasteiger partial charge in [0.2, 0.25) is 0 Å². The van der Waals surface area contributed by atoms with Gasteiger partial charge in [0.25, 0.3) is 0 Å². The monoisotopic (exact) mass is 287 g/mol. The van der Waals surface area contributed by atoms with E-state index in [4.69, 9.17) is 0 Å². The molecule has 1 heteroatoms. The first-order valence-electron chi connectivity index (χ1n) is 8.88. The van der Waals surface area contributed by atoms with Gasteiger partial charge in [0.15, 0.2) is 0 Å². The van der Waals surface area contributed by atoms with Crippen LogP contribution in [0.1, 0.15) is 64.5 Å². The third-order valence-corrected chi connectivity index (χ3v) is 5.43. The molecule has 1 N–H and O–H groups in total. The third-order valence-electron chi connectivity index (χ3n) is 5.43. The molecule has 118 valence electrons. The highest BCUT2D eigenvalue weighted by molar-refractivity contribution is 5.23. The molecule has 21 heavy (non-hydrogen) atoms. The van der Waals surface area contributed by atoms with Crippen LogP contribution >= 0.6 is 0 Å². The molecule has 0 spiro atoms. The molecule has 1 saturated carbocycles. The van der Waals surface area contributed by atoms with Gasteiger partial charge in [-0.2, -0.15) is 0 Å². The predicted molar refractivity (Wildman–Crippen MR) is 92.7 cm³/mol. The van der Waals surface area contributed by atoms with Gasteiger partial charge in [-0.05, 0) is 54.7 Å². The van der Waals surface area contributed by atoms with Crippen LogP contribution in [0.5, 0.6) is 0 Å². The summed E-state index contributed by atoms with van der Waals surface area (Å²) in [5.41, 5.74) is 3.41. The quantitative estimate of drug-likeness (QED) is 0.777. The second kappa shape index (κ2) is 7.45. The molecule has 2 rings (SSSR count). The van der Waals surface area contributed by atoms with Crippen LogP contribution < -0.4 is 5.32 Å². The van der Waals surface area contributed by atoms with E-state index < -0.39 is 0 Å². The number of hydrogen-bond acceptors (Lipinski definition) is 1. The Kier molecular flexibility index (Phi) is 5.87. The maximum atomic E-state index is 3.79. The van der Waals surface area contributed by atoms with Crippen molar-refractivity contribution in [2.75, 3.05) is 6.54 Å². The Bertz CT molecular complexity index is 418. The minimum absolute atomic E-state index is 0.481. The Morgan fingerprint density at radius 3 is 2.33 bits per heavy atom. The van der Waals surface area contributed by atoms with Crippen LogP contribution in [0.2, 0.25) is 0 Å². The van der Waals surface area contributed by atoms with Crippen LogP contribution in [0, 0.1) is 11.3 Å². The van der Waals surface area contributed by atoms with Gasteiger partial charge >= 0.3 is 0 Å². The van der Waals surface area contributed by atoms with Crippen molar-refractivity contribution in [2.24, 2.45) is 11.3 Å². The van der Waals surface area contributed by atoms with E-state index in [-0.39, 0.29) is 0 Å². The lowest BCUT2D eigenvalue weighted by molar-refractivity contribution is 0.0988. The lowest BCUT2D eigenvalue weighted by Crippen LogP contribution is -2.46. The van der Waals surface area contributed by atoms with Crippen molar-refractivity contribution in [2.45, 2.75) is 72.3 Å². The molecule has 0 aliphatic heterocycles. The summed E-state index contributed by atoms with van der Waals surface area (Å²) in [7, 11) is 0. The number of nitrogens with one attached hydrogen (secondary N) is 1. The topological polar surface area (TPSA) is 12.0 Å². The molecule has 1 aliphatic carbocycles. The third kappa shape index (κ3) is 4.32. The fraction of sp³-hybridized carbons (Fsp3) is 0.700. The maximum absolute atomic E-state index is 3.79. The Labute approximate surface area is 131 Å². The number of likely N-dealkylation sites (N-methyl/N-ethyl adjacent to an activating group) is 1. The van der Waals surface area contributed by atoms with E-state index in [0.717, 1.165) is 18.9 Å². The van der Waals surface area contributed by atoms with Gasteiger partial charge in [-0.15, -0.1) is 0 Å². The van der Waals surface area contributed by atoms with Gasteiger partial charge in [0.05, 0.1) is 0 Å². The van der Waals surface area contributed by atoms with Gasteiger partial charge < -0.3 is 5.32 Å². The van der Waals surface area contributed by atoms with Crippen LogP contribution in [-0.4, -0.2) is 12.6 Å². The fourth-order valence-electron chi connectivity index (χ4n) is 4.05. The number of hydrogen-bond donors (Lipinski definition) is 1.